The Morgan fingerprint density at radius 1 is 1.00 bits per heavy atom. The van der Waals surface area contributed by atoms with E-state index >= 15 is 0 Å². The number of ether oxygens (including phenoxy) is 3. The van der Waals surface area contributed by atoms with E-state index in [1.54, 1.807) is 24.3 Å². The number of hydrogen-bond acceptors (Lipinski definition) is 5. The molecule has 0 atom stereocenters. The topological polar surface area (TPSA) is 69.7 Å². The van der Waals surface area contributed by atoms with Crippen LogP contribution in [0.5, 0.6) is 17.2 Å². The Labute approximate surface area is 185 Å². The van der Waals surface area contributed by atoms with E-state index in [2.05, 4.69) is 24.4 Å². The number of aromatic nitrogens is 1. The molecule has 1 amide bonds. The first-order valence-corrected chi connectivity index (χ1v) is 10.5. The number of hydrogen-bond donors (Lipinski definition) is 1. The van der Waals surface area contributed by atoms with Gasteiger partial charge < -0.3 is 19.5 Å². The summed E-state index contributed by atoms with van der Waals surface area (Å²) in [6, 6.07) is 20.9. The number of anilines is 1. The average Bonchev–Trinajstić information content (AvgIpc) is 3.27. The minimum absolute atomic E-state index is 0.190. The maximum Gasteiger partial charge on any atom is 0.255 e. The third-order valence-corrected chi connectivity index (χ3v) is 5.31. The predicted octanol–water partition coefficient (Wildman–Crippen LogP) is 5.59. The highest BCUT2D eigenvalue weighted by atomic mass is 16.7. The molecule has 2 heterocycles. The van der Waals surface area contributed by atoms with Crippen LogP contribution in [0.15, 0.2) is 66.7 Å². The van der Waals surface area contributed by atoms with Crippen molar-refractivity contribution in [1.29, 1.82) is 0 Å². The van der Waals surface area contributed by atoms with Gasteiger partial charge in [-0.15, -0.1) is 0 Å². The lowest BCUT2D eigenvalue weighted by Gasteiger charge is -2.12. The van der Waals surface area contributed by atoms with E-state index in [9.17, 15) is 4.79 Å². The molecule has 1 aliphatic rings. The highest BCUT2D eigenvalue weighted by Crippen LogP contribution is 2.35. The molecule has 6 nitrogen and oxygen atoms in total. The fourth-order valence-electron chi connectivity index (χ4n) is 3.66. The monoisotopic (exact) mass is 426 g/mol. The number of amides is 1. The molecule has 0 unspecified atom stereocenters. The second-order valence-corrected chi connectivity index (χ2v) is 7.56. The van der Waals surface area contributed by atoms with Gasteiger partial charge in [-0.1, -0.05) is 29.8 Å². The highest BCUT2D eigenvalue weighted by molar-refractivity contribution is 6.07. The van der Waals surface area contributed by atoms with Crippen LogP contribution in [0.3, 0.4) is 0 Å². The first-order chi connectivity index (χ1) is 15.6. The standard InChI is InChI=1S/C26H22N2O4/c1-3-30-24-14-22(17-6-4-16(2)5-7-17)28-21-10-8-18(12-20(21)24)26(29)27-19-9-11-23-25(13-19)32-15-31-23/h4-14H,3,15H2,1-2H3,(H,27,29). The Balaban J connectivity index is 1.48. The smallest absolute Gasteiger partial charge is 0.255 e. The number of pyridine rings is 1. The van der Waals surface area contributed by atoms with Gasteiger partial charge in [0, 0.05) is 34.3 Å². The van der Waals surface area contributed by atoms with Gasteiger partial charge >= 0.3 is 0 Å². The molecule has 0 spiro atoms. The van der Waals surface area contributed by atoms with E-state index in [4.69, 9.17) is 19.2 Å². The minimum Gasteiger partial charge on any atom is -0.493 e. The third-order valence-electron chi connectivity index (χ3n) is 5.31. The molecule has 1 aromatic heterocycles. The lowest BCUT2D eigenvalue weighted by molar-refractivity contribution is 0.102. The number of nitrogens with zero attached hydrogens (tertiary/aromatic N) is 1. The van der Waals surface area contributed by atoms with Crippen LogP contribution in [0.4, 0.5) is 5.69 Å². The van der Waals surface area contributed by atoms with Gasteiger partial charge in [0.2, 0.25) is 6.79 Å². The van der Waals surface area contributed by atoms with Crippen molar-refractivity contribution >= 4 is 22.5 Å². The molecule has 6 heteroatoms. The summed E-state index contributed by atoms with van der Waals surface area (Å²) in [5.41, 5.74) is 4.96. The quantitative estimate of drug-likeness (QED) is 0.450. The van der Waals surface area contributed by atoms with E-state index in [0.29, 0.717) is 35.1 Å². The molecule has 0 bridgehead atoms. The number of rotatable bonds is 5. The molecule has 0 aliphatic carbocycles. The van der Waals surface area contributed by atoms with Crippen LogP contribution in [0.2, 0.25) is 0 Å². The van der Waals surface area contributed by atoms with Crippen LogP contribution < -0.4 is 19.5 Å². The maximum atomic E-state index is 12.9. The van der Waals surface area contributed by atoms with E-state index in [1.165, 1.54) is 5.56 Å². The van der Waals surface area contributed by atoms with Gasteiger partial charge in [0.25, 0.3) is 5.91 Å². The highest BCUT2D eigenvalue weighted by Gasteiger charge is 2.16. The number of fused-ring (bicyclic) bond motifs is 2. The SMILES string of the molecule is CCOc1cc(-c2ccc(C)cc2)nc2ccc(C(=O)Nc3ccc4c(c3)OCO4)cc12. The number of aryl methyl sites for hydroxylation is 1. The van der Waals surface area contributed by atoms with Crippen LogP contribution in [0.25, 0.3) is 22.2 Å². The van der Waals surface area contributed by atoms with Crippen molar-refractivity contribution < 1.29 is 19.0 Å². The van der Waals surface area contributed by atoms with Crippen molar-refractivity contribution in [1.82, 2.24) is 4.98 Å². The molecule has 5 rings (SSSR count). The van der Waals surface area contributed by atoms with Gasteiger partial charge in [0.05, 0.1) is 17.8 Å². The van der Waals surface area contributed by atoms with Crippen molar-refractivity contribution in [3.8, 4) is 28.5 Å². The zero-order chi connectivity index (χ0) is 22.1. The normalized spacial score (nSPS) is 12.1. The van der Waals surface area contributed by atoms with Gasteiger partial charge in [0.15, 0.2) is 11.5 Å². The summed E-state index contributed by atoms with van der Waals surface area (Å²) in [7, 11) is 0. The van der Waals surface area contributed by atoms with Crippen LogP contribution in [0, 0.1) is 6.92 Å². The zero-order valence-electron chi connectivity index (χ0n) is 17.8. The second-order valence-electron chi connectivity index (χ2n) is 7.56. The Morgan fingerprint density at radius 2 is 1.81 bits per heavy atom. The van der Waals surface area contributed by atoms with Crippen LogP contribution >= 0.6 is 0 Å². The molecule has 0 radical (unpaired) electrons. The van der Waals surface area contributed by atoms with Gasteiger partial charge in [0.1, 0.15) is 5.75 Å². The number of carbonyl (C=O) groups excluding carboxylic acids is 1. The van der Waals surface area contributed by atoms with Crippen molar-refractivity contribution in [3.05, 3.63) is 77.9 Å². The van der Waals surface area contributed by atoms with Crippen LogP contribution in [-0.4, -0.2) is 24.3 Å². The van der Waals surface area contributed by atoms with Gasteiger partial charge in [-0.3, -0.25) is 4.79 Å². The molecule has 160 valence electrons. The summed E-state index contributed by atoms with van der Waals surface area (Å²) >= 11 is 0. The summed E-state index contributed by atoms with van der Waals surface area (Å²) in [6.45, 7) is 4.70. The fraction of sp³-hybridized carbons (Fsp3) is 0.154. The van der Waals surface area contributed by atoms with E-state index < -0.39 is 0 Å². The summed E-state index contributed by atoms with van der Waals surface area (Å²) < 4.78 is 16.6. The van der Waals surface area contributed by atoms with E-state index in [-0.39, 0.29) is 12.7 Å². The second kappa shape index (κ2) is 8.23. The Bertz CT molecular complexity index is 1320. The number of nitrogens with one attached hydrogen (secondary N) is 1. The molecule has 0 saturated heterocycles. The van der Waals surface area contributed by atoms with Crippen molar-refractivity contribution in [2.24, 2.45) is 0 Å². The minimum atomic E-state index is -0.226. The number of carbonyl (C=O) groups is 1. The van der Waals surface area contributed by atoms with Gasteiger partial charge in [-0.2, -0.15) is 0 Å². The molecule has 1 aliphatic heterocycles. The summed E-state index contributed by atoms with van der Waals surface area (Å²) in [4.78, 5) is 17.7. The lowest BCUT2D eigenvalue weighted by Crippen LogP contribution is -2.12. The van der Waals surface area contributed by atoms with Crippen molar-refractivity contribution in [2.75, 3.05) is 18.7 Å². The fourth-order valence-corrected chi connectivity index (χ4v) is 3.66. The number of benzene rings is 3. The molecule has 0 saturated carbocycles. The van der Waals surface area contributed by atoms with Crippen molar-refractivity contribution in [3.63, 3.8) is 0 Å². The third kappa shape index (κ3) is 3.83. The molecular formula is C26H22N2O4. The largest absolute Gasteiger partial charge is 0.493 e. The maximum absolute atomic E-state index is 12.9. The molecule has 32 heavy (non-hydrogen) atoms. The average molecular weight is 426 g/mol. The summed E-state index contributed by atoms with van der Waals surface area (Å²) in [6.07, 6.45) is 0. The molecule has 1 N–H and O–H groups in total. The van der Waals surface area contributed by atoms with E-state index in [0.717, 1.165) is 22.2 Å². The first-order valence-electron chi connectivity index (χ1n) is 10.5. The lowest BCUT2D eigenvalue weighted by atomic mass is 10.1. The zero-order valence-corrected chi connectivity index (χ0v) is 17.8. The first kappa shape index (κ1) is 19.9. The van der Waals surface area contributed by atoms with Crippen LogP contribution in [0.1, 0.15) is 22.8 Å². The van der Waals surface area contributed by atoms with E-state index in [1.807, 2.05) is 37.3 Å². The molecular weight excluding hydrogens is 404 g/mol. The van der Waals surface area contributed by atoms with Gasteiger partial charge in [-0.25, -0.2) is 4.98 Å². The Hall–Kier alpha value is -4.06. The molecule has 3 aromatic carbocycles. The summed E-state index contributed by atoms with van der Waals surface area (Å²) in [5, 5.41) is 3.70. The molecule has 4 aromatic rings. The van der Waals surface area contributed by atoms with Crippen molar-refractivity contribution in [2.45, 2.75) is 13.8 Å². The predicted molar refractivity (Wildman–Crippen MR) is 124 cm³/mol. The summed E-state index contributed by atoms with van der Waals surface area (Å²) in [5.74, 6) is 1.76. The Kier molecular flexibility index (Phi) is 5.11. The van der Waals surface area contributed by atoms with Crippen LogP contribution in [-0.2, 0) is 0 Å². The Morgan fingerprint density at radius 3 is 2.62 bits per heavy atom. The van der Waals surface area contributed by atoms with Gasteiger partial charge in [-0.05, 0) is 44.2 Å². The molecule has 0 fully saturated rings.